The maximum Gasteiger partial charge on any atom is 0.271 e. The predicted molar refractivity (Wildman–Crippen MR) is 78.3 cm³/mol. The highest BCUT2D eigenvalue weighted by Gasteiger charge is 2.23. The average Bonchev–Trinajstić information content (AvgIpc) is 2.97. The van der Waals surface area contributed by atoms with Crippen LogP contribution in [0.15, 0.2) is 36.4 Å². The SMILES string of the molecule is CC1CCCN(C(=O)c2cc(-c3ccccc3)n[nH]2)C1. The van der Waals surface area contributed by atoms with Crippen molar-refractivity contribution < 1.29 is 4.79 Å². The van der Waals surface area contributed by atoms with Gasteiger partial charge in [0.25, 0.3) is 5.91 Å². The summed E-state index contributed by atoms with van der Waals surface area (Å²) < 4.78 is 0. The van der Waals surface area contributed by atoms with Crippen LogP contribution in [0.4, 0.5) is 0 Å². The normalized spacial score (nSPS) is 19.1. The van der Waals surface area contributed by atoms with E-state index in [1.54, 1.807) is 0 Å². The Bertz CT molecular complexity index is 591. The molecule has 1 amide bonds. The first-order valence-corrected chi connectivity index (χ1v) is 7.14. The van der Waals surface area contributed by atoms with Gasteiger partial charge in [-0.05, 0) is 24.8 Å². The number of piperidine rings is 1. The molecule has 0 spiro atoms. The van der Waals surface area contributed by atoms with Crippen molar-refractivity contribution in [3.63, 3.8) is 0 Å². The number of amides is 1. The third-order valence-corrected chi connectivity index (χ3v) is 3.82. The number of nitrogens with zero attached hydrogens (tertiary/aromatic N) is 2. The zero-order chi connectivity index (χ0) is 13.9. The number of rotatable bonds is 2. The number of carbonyl (C=O) groups is 1. The second-order valence-corrected chi connectivity index (χ2v) is 5.53. The third-order valence-electron chi connectivity index (χ3n) is 3.82. The number of likely N-dealkylation sites (tertiary alicyclic amines) is 1. The fourth-order valence-corrected chi connectivity index (χ4v) is 2.73. The molecule has 1 aliphatic heterocycles. The van der Waals surface area contributed by atoms with Crippen LogP contribution in [0.1, 0.15) is 30.3 Å². The van der Waals surface area contributed by atoms with Crippen LogP contribution in [0.3, 0.4) is 0 Å². The Hall–Kier alpha value is -2.10. The number of hydrogen-bond acceptors (Lipinski definition) is 2. The topological polar surface area (TPSA) is 49.0 Å². The number of aromatic nitrogens is 2. The van der Waals surface area contributed by atoms with Gasteiger partial charge in [0.2, 0.25) is 0 Å². The van der Waals surface area contributed by atoms with Gasteiger partial charge in [-0.25, -0.2) is 0 Å². The van der Waals surface area contributed by atoms with E-state index >= 15 is 0 Å². The van der Waals surface area contributed by atoms with Crippen molar-refractivity contribution in [3.8, 4) is 11.3 Å². The van der Waals surface area contributed by atoms with Crippen LogP contribution >= 0.6 is 0 Å². The quantitative estimate of drug-likeness (QED) is 0.911. The van der Waals surface area contributed by atoms with E-state index in [4.69, 9.17) is 0 Å². The second kappa shape index (κ2) is 5.49. The van der Waals surface area contributed by atoms with E-state index < -0.39 is 0 Å². The van der Waals surface area contributed by atoms with Gasteiger partial charge in [0.05, 0.1) is 5.69 Å². The summed E-state index contributed by atoms with van der Waals surface area (Å²) in [5.74, 6) is 0.649. The number of nitrogens with one attached hydrogen (secondary N) is 1. The lowest BCUT2D eigenvalue weighted by atomic mass is 10.00. The molecule has 1 aromatic heterocycles. The van der Waals surface area contributed by atoms with Gasteiger partial charge in [-0.3, -0.25) is 9.89 Å². The van der Waals surface area contributed by atoms with Crippen LogP contribution in [0.25, 0.3) is 11.3 Å². The van der Waals surface area contributed by atoms with Gasteiger partial charge in [-0.15, -0.1) is 0 Å². The maximum absolute atomic E-state index is 12.4. The number of H-pyrrole nitrogens is 1. The lowest BCUT2D eigenvalue weighted by Crippen LogP contribution is -2.39. The standard InChI is InChI=1S/C16H19N3O/c1-12-6-5-9-19(11-12)16(20)15-10-14(17-18-15)13-7-3-2-4-8-13/h2-4,7-8,10,12H,5-6,9,11H2,1H3,(H,17,18). The number of benzene rings is 1. The molecule has 0 saturated carbocycles. The molecule has 1 saturated heterocycles. The Morgan fingerprint density at radius 1 is 1.35 bits per heavy atom. The molecule has 0 radical (unpaired) electrons. The summed E-state index contributed by atoms with van der Waals surface area (Å²) in [4.78, 5) is 14.4. The highest BCUT2D eigenvalue weighted by molar-refractivity contribution is 5.93. The summed E-state index contributed by atoms with van der Waals surface area (Å²) in [6, 6.07) is 11.7. The van der Waals surface area contributed by atoms with Gasteiger partial charge in [0.15, 0.2) is 0 Å². The Labute approximate surface area is 118 Å². The molecule has 3 rings (SSSR count). The Kier molecular flexibility index (Phi) is 3.54. The minimum atomic E-state index is 0.0613. The van der Waals surface area contributed by atoms with Crippen LogP contribution in [0, 0.1) is 5.92 Å². The first kappa shape index (κ1) is 12.9. The first-order valence-electron chi connectivity index (χ1n) is 7.14. The Balaban J connectivity index is 1.78. The molecule has 1 unspecified atom stereocenters. The number of aromatic amines is 1. The van der Waals surface area contributed by atoms with Crippen molar-refractivity contribution in [1.29, 1.82) is 0 Å². The van der Waals surface area contributed by atoms with Crippen molar-refractivity contribution in [2.45, 2.75) is 19.8 Å². The van der Waals surface area contributed by atoms with E-state index in [0.29, 0.717) is 11.6 Å². The molecule has 1 fully saturated rings. The van der Waals surface area contributed by atoms with E-state index in [-0.39, 0.29) is 5.91 Å². The fourth-order valence-electron chi connectivity index (χ4n) is 2.73. The van der Waals surface area contributed by atoms with Crippen molar-refractivity contribution in [3.05, 3.63) is 42.1 Å². The van der Waals surface area contributed by atoms with Gasteiger partial charge in [-0.1, -0.05) is 37.3 Å². The van der Waals surface area contributed by atoms with E-state index in [1.807, 2.05) is 41.3 Å². The summed E-state index contributed by atoms with van der Waals surface area (Å²) in [6.45, 7) is 3.89. The predicted octanol–water partition coefficient (Wildman–Crippen LogP) is 2.95. The van der Waals surface area contributed by atoms with Crippen molar-refractivity contribution in [2.75, 3.05) is 13.1 Å². The van der Waals surface area contributed by atoms with Crippen molar-refractivity contribution in [2.24, 2.45) is 5.92 Å². The molecular weight excluding hydrogens is 250 g/mol. The lowest BCUT2D eigenvalue weighted by molar-refractivity contribution is 0.0677. The average molecular weight is 269 g/mol. The summed E-state index contributed by atoms with van der Waals surface area (Å²) >= 11 is 0. The highest BCUT2D eigenvalue weighted by atomic mass is 16.2. The molecule has 1 aromatic carbocycles. The van der Waals surface area contributed by atoms with Gasteiger partial charge >= 0.3 is 0 Å². The molecule has 2 aromatic rings. The third kappa shape index (κ3) is 2.59. The summed E-state index contributed by atoms with van der Waals surface area (Å²) in [7, 11) is 0. The number of carbonyl (C=O) groups excluding carboxylic acids is 1. The molecule has 1 aliphatic rings. The van der Waals surface area contributed by atoms with Gasteiger partial charge < -0.3 is 4.90 Å². The highest BCUT2D eigenvalue weighted by Crippen LogP contribution is 2.20. The van der Waals surface area contributed by atoms with E-state index in [9.17, 15) is 4.79 Å². The molecule has 2 heterocycles. The van der Waals surface area contributed by atoms with Crippen molar-refractivity contribution >= 4 is 5.91 Å². The van der Waals surface area contributed by atoms with Crippen LogP contribution in [-0.4, -0.2) is 34.1 Å². The molecule has 0 aliphatic carbocycles. The zero-order valence-corrected chi connectivity index (χ0v) is 11.7. The first-order chi connectivity index (χ1) is 9.74. The van der Waals surface area contributed by atoms with Gasteiger partial charge in [0.1, 0.15) is 5.69 Å². The fraction of sp³-hybridized carbons (Fsp3) is 0.375. The molecule has 1 atom stereocenters. The molecule has 0 bridgehead atoms. The van der Waals surface area contributed by atoms with Gasteiger partial charge in [0, 0.05) is 18.7 Å². The molecular formula is C16H19N3O. The van der Waals surface area contributed by atoms with Crippen LogP contribution in [0.2, 0.25) is 0 Å². The van der Waals surface area contributed by atoms with Crippen molar-refractivity contribution in [1.82, 2.24) is 15.1 Å². The van der Waals surface area contributed by atoms with E-state index in [2.05, 4.69) is 17.1 Å². The van der Waals surface area contributed by atoms with Crippen LogP contribution in [-0.2, 0) is 0 Å². The van der Waals surface area contributed by atoms with Gasteiger partial charge in [-0.2, -0.15) is 5.10 Å². The van der Waals surface area contributed by atoms with Crippen LogP contribution in [0.5, 0.6) is 0 Å². The van der Waals surface area contributed by atoms with E-state index in [0.717, 1.165) is 30.8 Å². The smallest absolute Gasteiger partial charge is 0.271 e. The molecule has 4 heteroatoms. The molecule has 20 heavy (non-hydrogen) atoms. The summed E-state index contributed by atoms with van der Waals surface area (Å²) in [5.41, 5.74) is 2.42. The monoisotopic (exact) mass is 269 g/mol. The molecule has 1 N–H and O–H groups in total. The summed E-state index contributed by atoms with van der Waals surface area (Å²) in [5, 5.41) is 7.12. The Morgan fingerprint density at radius 3 is 2.90 bits per heavy atom. The molecule has 4 nitrogen and oxygen atoms in total. The minimum Gasteiger partial charge on any atom is -0.337 e. The zero-order valence-electron chi connectivity index (χ0n) is 11.7. The second-order valence-electron chi connectivity index (χ2n) is 5.53. The largest absolute Gasteiger partial charge is 0.337 e. The maximum atomic E-state index is 12.4. The van der Waals surface area contributed by atoms with Crippen LogP contribution < -0.4 is 0 Å². The Morgan fingerprint density at radius 2 is 2.15 bits per heavy atom. The molecule has 104 valence electrons. The van der Waals surface area contributed by atoms with E-state index in [1.165, 1.54) is 6.42 Å². The number of hydrogen-bond donors (Lipinski definition) is 1. The summed E-state index contributed by atoms with van der Waals surface area (Å²) in [6.07, 6.45) is 2.30. The lowest BCUT2D eigenvalue weighted by Gasteiger charge is -2.30. The minimum absolute atomic E-state index is 0.0613.